The molecule has 30 heavy (non-hydrogen) atoms. The number of aryl methyl sites for hydroxylation is 1. The molecular weight excluding hydrogens is 370 g/mol. The van der Waals surface area contributed by atoms with Crippen LogP contribution in [0.2, 0.25) is 0 Å². The number of carbonyl (C=O) groups excluding carboxylic acids is 1. The number of anilines is 1. The number of hydrogen-bond donors (Lipinski definition) is 0. The lowest BCUT2D eigenvalue weighted by atomic mass is 10.0. The van der Waals surface area contributed by atoms with Crippen LogP contribution >= 0.6 is 0 Å². The van der Waals surface area contributed by atoms with Gasteiger partial charge in [-0.25, -0.2) is 0 Å². The maximum absolute atomic E-state index is 13.1. The molecule has 0 spiro atoms. The Bertz CT molecular complexity index is 1070. The summed E-state index contributed by atoms with van der Waals surface area (Å²) in [7, 11) is 0. The van der Waals surface area contributed by atoms with Gasteiger partial charge >= 0.3 is 0 Å². The number of benzene rings is 2. The van der Waals surface area contributed by atoms with Gasteiger partial charge in [-0.3, -0.25) is 9.78 Å². The average Bonchev–Trinajstić information content (AvgIpc) is 3.23. The molecule has 5 rings (SSSR count). The van der Waals surface area contributed by atoms with Gasteiger partial charge in [0.25, 0.3) is 5.91 Å². The quantitative estimate of drug-likeness (QED) is 0.634. The molecule has 0 radical (unpaired) electrons. The zero-order valence-corrected chi connectivity index (χ0v) is 17.7. The number of rotatable bonds is 4. The Kier molecular flexibility index (Phi) is 5.16. The van der Waals surface area contributed by atoms with Crippen molar-refractivity contribution < 1.29 is 4.79 Å². The van der Waals surface area contributed by atoms with Gasteiger partial charge < -0.3 is 9.80 Å². The van der Waals surface area contributed by atoms with E-state index in [0.29, 0.717) is 0 Å². The van der Waals surface area contributed by atoms with E-state index in [9.17, 15) is 4.79 Å². The smallest absolute Gasteiger partial charge is 0.253 e. The van der Waals surface area contributed by atoms with E-state index in [-0.39, 0.29) is 5.91 Å². The van der Waals surface area contributed by atoms with Crippen LogP contribution in [-0.2, 0) is 12.8 Å². The Morgan fingerprint density at radius 1 is 1.00 bits per heavy atom. The minimum absolute atomic E-state index is 0.166. The summed E-state index contributed by atoms with van der Waals surface area (Å²) in [4.78, 5) is 22.5. The first-order chi connectivity index (χ1) is 14.7. The number of amides is 1. The first-order valence-corrected chi connectivity index (χ1v) is 11.2. The van der Waals surface area contributed by atoms with E-state index in [0.717, 1.165) is 74.0 Å². The third-order valence-corrected chi connectivity index (χ3v) is 6.61. The Hall–Kier alpha value is -2.88. The maximum Gasteiger partial charge on any atom is 0.253 e. The van der Waals surface area contributed by atoms with Crippen molar-refractivity contribution in [3.8, 4) is 0 Å². The zero-order valence-electron chi connectivity index (χ0n) is 17.7. The van der Waals surface area contributed by atoms with E-state index < -0.39 is 0 Å². The summed E-state index contributed by atoms with van der Waals surface area (Å²) in [5.41, 5.74) is 6.91. The molecule has 0 unspecified atom stereocenters. The van der Waals surface area contributed by atoms with Gasteiger partial charge in [0.2, 0.25) is 0 Å². The van der Waals surface area contributed by atoms with Crippen LogP contribution in [0.3, 0.4) is 0 Å². The van der Waals surface area contributed by atoms with Gasteiger partial charge in [0.15, 0.2) is 0 Å². The van der Waals surface area contributed by atoms with E-state index in [1.165, 1.54) is 23.2 Å². The molecule has 4 heteroatoms. The summed E-state index contributed by atoms with van der Waals surface area (Å²) >= 11 is 0. The van der Waals surface area contributed by atoms with Crippen LogP contribution in [0.5, 0.6) is 0 Å². The van der Waals surface area contributed by atoms with Gasteiger partial charge in [-0.1, -0.05) is 30.3 Å². The fraction of sp³-hybridized carbons (Fsp3) is 0.385. The Balaban J connectivity index is 1.49. The van der Waals surface area contributed by atoms with E-state index in [1.54, 1.807) is 0 Å². The highest BCUT2D eigenvalue weighted by molar-refractivity contribution is 6.02. The first-order valence-electron chi connectivity index (χ1n) is 11.2. The van der Waals surface area contributed by atoms with E-state index >= 15 is 0 Å². The summed E-state index contributed by atoms with van der Waals surface area (Å²) in [6.07, 6.45) is 5.51. The van der Waals surface area contributed by atoms with Crippen LogP contribution in [0.1, 0.15) is 46.4 Å². The van der Waals surface area contributed by atoms with E-state index in [4.69, 9.17) is 4.98 Å². The van der Waals surface area contributed by atoms with Gasteiger partial charge in [0.05, 0.1) is 11.2 Å². The third-order valence-electron chi connectivity index (χ3n) is 6.61. The van der Waals surface area contributed by atoms with Crippen LogP contribution < -0.4 is 4.90 Å². The molecule has 1 saturated heterocycles. The monoisotopic (exact) mass is 399 g/mol. The minimum atomic E-state index is 0.166. The fourth-order valence-corrected chi connectivity index (χ4v) is 4.97. The molecule has 3 aromatic rings. The average molecular weight is 400 g/mol. The van der Waals surface area contributed by atoms with Crippen molar-refractivity contribution in [2.45, 2.75) is 39.0 Å². The number of fused-ring (bicyclic) bond motifs is 3. The molecule has 0 bridgehead atoms. The molecule has 0 atom stereocenters. The molecule has 1 amide bonds. The summed E-state index contributed by atoms with van der Waals surface area (Å²) in [5.74, 6) is 0.166. The van der Waals surface area contributed by atoms with Gasteiger partial charge in [-0.05, 0) is 68.4 Å². The predicted octanol–water partition coefficient (Wildman–Crippen LogP) is 4.77. The number of nitrogens with zero attached hydrogens (tertiary/aromatic N) is 3. The van der Waals surface area contributed by atoms with Gasteiger partial charge in [-0.15, -0.1) is 0 Å². The Morgan fingerprint density at radius 3 is 2.60 bits per heavy atom. The van der Waals surface area contributed by atoms with Crippen LogP contribution in [-0.4, -0.2) is 42.0 Å². The number of pyridine rings is 1. The van der Waals surface area contributed by atoms with Crippen molar-refractivity contribution >= 4 is 22.5 Å². The lowest BCUT2D eigenvalue weighted by Crippen LogP contribution is -2.35. The van der Waals surface area contributed by atoms with Crippen molar-refractivity contribution in [2.24, 2.45) is 0 Å². The third kappa shape index (κ3) is 3.55. The van der Waals surface area contributed by atoms with E-state index in [2.05, 4.69) is 48.2 Å². The lowest BCUT2D eigenvalue weighted by Gasteiger charge is -2.27. The Morgan fingerprint density at radius 2 is 1.80 bits per heavy atom. The summed E-state index contributed by atoms with van der Waals surface area (Å²) < 4.78 is 0. The summed E-state index contributed by atoms with van der Waals surface area (Å²) in [6, 6.07) is 16.8. The lowest BCUT2D eigenvalue weighted by molar-refractivity contribution is 0.0724. The highest BCUT2D eigenvalue weighted by Crippen LogP contribution is 2.37. The number of piperidine rings is 1. The number of aromatic nitrogens is 1. The molecule has 4 nitrogen and oxygen atoms in total. The van der Waals surface area contributed by atoms with Crippen LogP contribution in [0.4, 0.5) is 5.69 Å². The second-order valence-corrected chi connectivity index (χ2v) is 8.58. The molecule has 2 aliphatic heterocycles. The Labute approximate surface area is 178 Å². The van der Waals surface area contributed by atoms with Gasteiger partial charge in [-0.2, -0.15) is 0 Å². The topological polar surface area (TPSA) is 36.4 Å². The zero-order chi connectivity index (χ0) is 20.5. The predicted molar refractivity (Wildman–Crippen MR) is 122 cm³/mol. The molecule has 0 N–H and O–H groups in total. The SMILES string of the molecule is Cc1nc2ccc(C(=O)N3CCCCC3)cc2c2c1CCN2CCc1ccccc1. The number of hydrogen-bond acceptors (Lipinski definition) is 3. The molecule has 1 aromatic heterocycles. The number of carbonyl (C=O) groups is 1. The van der Waals surface area contributed by atoms with Crippen LogP contribution in [0.25, 0.3) is 10.9 Å². The molecule has 2 aliphatic rings. The molecule has 0 saturated carbocycles. The van der Waals surface area contributed by atoms with Gasteiger partial charge in [0.1, 0.15) is 0 Å². The largest absolute Gasteiger partial charge is 0.370 e. The summed E-state index contributed by atoms with van der Waals surface area (Å²) in [5, 5.41) is 1.13. The second-order valence-electron chi connectivity index (χ2n) is 8.58. The van der Waals surface area contributed by atoms with Crippen LogP contribution in [0, 0.1) is 6.92 Å². The maximum atomic E-state index is 13.1. The van der Waals surface area contributed by atoms with Crippen LogP contribution in [0.15, 0.2) is 48.5 Å². The van der Waals surface area contributed by atoms with Crippen molar-refractivity contribution in [1.29, 1.82) is 0 Å². The molecule has 1 fully saturated rings. The summed E-state index contributed by atoms with van der Waals surface area (Å²) in [6.45, 7) is 5.88. The standard InChI is InChI=1S/C26H29N3O/c1-19-22-13-17-28(16-12-20-8-4-2-5-9-20)25(22)23-18-21(10-11-24(23)27-19)26(30)29-14-6-3-7-15-29/h2,4-5,8-11,18H,3,6-7,12-17H2,1H3. The van der Waals surface area contributed by atoms with Gasteiger partial charge in [0, 0.05) is 42.8 Å². The van der Waals surface area contributed by atoms with Crippen molar-refractivity contribution in [1.82, 2.24) is 9.88 Å². The molecular formula is C26H29N3O. The number of likely N-dealkylation sites (tertiary alicyclic amines) is 1. The highest BCUT2D eigenvalue weighted by Gasteiger charge is 2.26. The second kappa shape index (κ2) is 8.10. The van der Waals surface area contributed by atoms with Crippen molar-refractivity contribution in [3.63, 3.8) is 0 Å². The highest BCUT2D eigenvalue weighted by atomic mass is 16.2. The minimum Gasteiger partial charge on any atom is -0.370 e. The molecule has 0 aliphatic carbocycles. The normalized spacial score (nSPS) is 16.2. The molecule has 3 heterocycles. The van der Waals surface area contributed by atoms with Crippen molar-refractivity contribution in [2.75, 3.05) is 31.1 Å². The molecule has 2 aromatic carbocycles. The first kappa shape index (κ1) is 19.1. The van der Waals surface area contributed by atoms with Crippen molar-refractivity contribution in [3.05, 3.63) is 70.9 Å². The van der Waals surface area contributed by atoms with E-state index in [1.807, 2.05) is 17.0 Å². The molecule has 154 valence electrons. The fourth-order valence-electron chi connectivity index (χ4n) is 4.97.